The standard InChI is InChI=1S/C10H7F2N/c11-10(12)9-8-4-2-1-3-7(8)5-6-13-9/h1-6,10H. The van der Waals surface area contributed by atoms with Crippen LogP contribution in [0.2, 0.25) is 0 Å². The molecule has 0 aliphatic rings. The zero-order chi connectivity index (χ0) is 9.26. The third-order valence-corrected chi connectivity index (χ3v) is 1.91. The summed E-state index contributed by atoms with van der Waals surface area (Å²) in [4.78, 5) is 3.66. The van der Waals surface area contributed by atoms with E-state index in [4.69, 9.17) is 0 Å². The van der Waals surface area contributed by atoms with Crippen LogP contribution in [0, 0.1) is 0 Å². The number of benzene rings is 1. The Bertz CT molecular complexity index is 421. The Balaban J connectivity index is 2.76. The molecule has 2 aromatic rings. The lowest BCUT2D eigenvalue weighted by Crippen LogP contribution is -1.90. The molecule has 0 saturated heterocycles. The highest BCUT2D eigenvalue weighted by Gasteiger charge is 2.11. The summed E-state index contributed by atoms with van der Waals surface area (Å²) < 4.78 is 24.9. The lowest BCUT2D eigenvalue weighted by molar-refractivity contribution is 0.148. The molecule has 0 bridgehead atoms. The first-order valence-corrected chi connectivity index (χ1v) is 3.91. The summed E-state index contributed by atoms with van der Waals surface area (Å²) >= 11 is 0. The number of hydrogen-bond donors (Lipinski definition) is 0. The van der Waals surface area contributed by atoms with Crippen LogP contribution in [0.25, 0.3) is 10.8 Å². The fraction of sp³-hybridized carbons (Fsp3) is 0.100. The minimum Gasteiger partial charge on any atom is -0.255 e. The van der Waals surface area contributed by atoms with Crippen molar-refractivity contribution in [2.45, 2.75) is 6.43 Å². The molecular formula is C10H7F2N. The van der Waals surface area contributed by atoms with Crippen LogP contribution in [0.15, 0.2) is 36.5 Å². The van der Waals surface area contributed by atoms with E-state index in [0.29, 0.717) is 5.39 Å². The highest BCUT2D eigenvalue weighted by atomic mass is 19.3. The van der Waals surface area contributed by atoms with Gasteiger partial charge in [-0.2, -0.15) is 0 Å². The summed E-state index contributed by atoms with van der Waals surface area (Å²) in [7, 11) is 0. The molecule has 3 heteroatoms. The van der Waals surface area contributed by atoms with Gasteiger partial charge < -0.3 is 0 Å². The van der Waals surface area contributed by atoms with Gasteiger partial charge in [0.05, 0.1) is 0 Å². The van der Waals surface area contributed by atoms with Crippen LogP contribution in [-0.2, 0) is 0 Å². The van der Waals surface area contributed by atoms with Crippen molar-refractivity contribution in [3.63, 3.8) is 0 Å². The Labute approximate surface area is 74.0 Å². The Morgan fingerprint density at radius 2 is 1.85 bits per heavy atom. The second-order valence-electron chi connectivity index (χ2n) is 2.72. The first kappa shape index (κ1) is 8.10. The predicted molar refractivity (Wildman–Crippen MR) is 46.7 cm³/mol. The quantitative estimate of drug-likeness (QED) is 0.655. The first-order valence-electron chi connectivity index (χ1n) is 3.91. The monoisotopic (exact) mass is 179 g/mol. The van der Waals surface area contributed by atoms with Gasteiger partial charge >= 0.3 is 0 Å². The summed E-state index contributed by atoms with van der Waals surface area (Å²) in [5.74, 6) is 0. The van der Waals surface area contributed by atoms with Gasteiger partial charge in [0.2, 0.25) is 0 Å². The molecule has 0 fully saturated rings. The van der Waals surface area contributed by atoms with E-state index in [1.165, 1.54) is 6.20 Å². The van der Waals surface area contributed by atoms with Gasteiger partial charge in [-0.3, -0.25) is 4.98 Å². The number of rotatable bonds is 1. The van der Waals surface area contributed by atoms with Crippen LogP contribution in [-0.4, -0.2) is 4.98 Å². The molecule has 13 heavy (non-hydrogen) atoms. The maximum atomic E-state index is 12.4. The van der Waals surface area contributed by atoms with E-state index in [9.17, 15) is 8.78 Å². The largest absolute Gasteiger partial charge is 0.280 e. The van der Waals surface area contributed by atoms with Crippen molar-refractivity contribution in [1.29, 1.82) is 0 Å². The third-order valence-electron chi connectivity index (χ3n) is 1.91. The molecule has 0 N–H and O–H groups in total. The minimum atomic E-state index is -2.51. The summed E-state index contributed by atoms with van der Waals surface area (Å²) in [6.07, 6.45) is -1.10. The number of alkyl halides is 2. The average Bonchev–Trinajstić information content (AvgIpc) is 2.17. The summed E-state index contributed by atoms with van der Waals surface area (Å²) in [6, 6.07) is 8.72. The molecule has 0 amide bonds. The number of pyridine rings is 1. The SMILES string of the molecule is FC(F)c1nccc2ccccc12. The van der Waals surface area contributed by atoms with Gasteiger partial charge in [-0.15, -0.1) is 0 Å². The van der Waals surface area contributed by atoms with Gasteiger partial charge in [0.15, 0.2) is 0 Å². The van der Waals surface area contributed by atoms with E-state index < -0.39 is 6.43 Å². The molecule has 1 heterocycles. The molecule has 1 aromatic heterocycles. The van der Waals surface area contributed by atoms with Crippen LogP contribution in [0.3, 0.4) is 0 Å². The van der Waals surface area contributed by atoms with Gasteiger partial charge in [-0.05, 0) is 11.5 Å². The minimum absolute atomic E-state index is 0.141. The van der Waals surface area contributed by atoms with Gasteiger partial charge in [-0.25, -0.2) is 8.78 Å². The fourth-order valence-corrected chi connectivity index (χ4v) is 1.32. The fourth-order valence-electron chi connectivity index (χ4n) is 1.32. The Morgan fingerprint density at radius 1 is 1.08 bits per heavy atom. The smallest absolute Gasteiger partial charge is 0.255 e. The molecule has 2 rings (SSSR count). The molecule has 0 radical (unpaired) electrons. The van der Waals surface area contributed by atoms with Gasteiger partial charge in [0.25, 0.3) is 6.43 Å². The maximum Gasteiger partial charge on any atom is 0.280 e. The lowest BCUT2D eigenvalue weighted by Gasteiger charge is -2.02. The number of aromatic nitrogens is 1. The number of fused-ring (bicyclic) bond motifs is 1. The molecular weight excluding hydrogens is 172 g/mol. The van der Waals surface area contributed by atoms with E-state index in [2.05, 4.69) is 4.98 Å². The van der Waals surface area contributed by atoms with Crippen LogP contribution in [0.1, 0.15) is 12.1 Å². The number of hydrogen-bond acceptors (Lipinski definition) is 1. The molecule has 0 atom stereocenters. The molecule has 0 saturated carbocycles. The summed E-state index contributed by atoms with van der Waals surface area (Å²) in [6.45, 7) is 0. The van der Waals surface area contributed by atoms with E-state index in [1.54, 1.807) is 24.3 Å². The van der Waals surface area contributed by atoms with Gasteiger partial charge in [0, 0.05) is 11.6 Å². The van der Waals surface area contributed by atoms with Crippen molar-refractivity contribution in [3.05, 3.63) is 42.2 Å². The molecule has 0 spiro atoms. The van der Waals surface area contributed by atoms with Crippen molar-refractivity contribution in [1.82, 2.24) is 4.98 Å². The molecule has 1 aromatic carbocycles. The zero-order valence-electron chi connectivity index (χ0n) is 6.74. The topological polar surface area (TPSA) is 12.9 Å². The van der Waals surface area contributed by atoms with Gasteiger partial charge in [-0.1, -0.05) is 24.3 Å². The van der Waals surface area contributed by atoms with Crippen molar-refractivity contribution < 1.29 is 8.78 Å². The summed E-state index contributed by atoms with van der Waals surface area (Å²) in [5, 5.41) is 1.33. The highest BCUT2D eigenvalue weighted by molar-refractivity contribution is 5.84. The third kappa shape index (κ3) is 1.37. The Morgan fingerprint density at radius 3 is 2.62 bits per heavy atom. The van der Waals surface area contributed by atoms with Crippen LogP contribution < -0.4 is 0 Å². The number of halogens is 2. The Hall–Kier alpha value is -1.51. The molecule has 1 nitrogen and oxygen atoms in total. The predicted octanol–water partition coefficient (Wildman–Crippen LogP) is 3.17. The highest BCUT2D eigenvalue weighted by Crippen LogP contribution is 2.24. The van der Waals surface area contributed by atoms with Crippen molar-refractivity contribution in [3.8, 4) is 0 Å². The van der Waals surface area contributed by atoms with E-state index in [-0.39, 0.29) is 5.69 Å². The van der Waals surface area contributed by atoms with Crippen LogP contribution >= 0.6 is 0 Å². The average molecular weight is 179 g/mol. The summed E-state index contributed by atoms with van der Waals surface area (Å²) in [5.41, 5.74) is -0.141. The van der Waals surface area contributed by atoms with Crippen molar-refractivity contribution >= 4 is 10.8 Å². The molecule has 66 valence electrons. The molecule has 0 unspecified atom stereocenters. The second kappa shape index (κ2) is 3.09. The molecule has 0 aliphatic carbocycles. The van der Waals surface area contributed by atoms with Crippen molar-refractivity contribution in [2.75, 3.05) is 0 Å². The van der Waals surface area contributed by atoms with E-state index in [1.807, 2.05) is 6.07 Å². The van der Waals surface area contributed by atoms with Crippen molar-refractivity contribution in [2.24, 2.45) is 0 Å². The normalized spacial score (nSPS) is 11.0. The lowest BCUT2D eigenvalue weighted by atomic mass is 10.1. The zero-order valence-corrected chi connectivity index (χ0v) is 6.74. The van der Waals surface area contributed by atoms with E-state index in [0.717, 1.165) is 5.39 Å². The Kier molecular flexibility index (Phi) is 1.93. The van der Waals surface area contributed by atoms with Crippen LogP contribution in [0.4, 0.5) is 8.78 Å². The van der Waals surface area contributed by atoms with Crippen LogP contribution in [0.5, 0.6) is 0 Å². The van der Waals surface area contributed by atoms with Gasteiger partial charge in [0.1, 0.15) is 5.69 Å². The first-order chi connectivity index (χ1) is 6.29. The second-order valence-corrected chi connectivity index (χ2v) is 2.72. The molecule has 0 aliphatic heterocycles. The number of nitrogens with zero attached hydrogens (tertiary/aromatic N) is 1. The van der Waals surface area contributed by atoms with E-state index >= 15 is 0 Å². The maximum absolute atomic E-state index is 12.4.